The van der Waals surface area contributed by atoms with Gasteiger partial charge in [0.25, 0.3) is 17.1 Å². The van der Waals surface area contributed by atoms with E-state index in [1.807, 2.05) is 0 Å². The van der Waals surface area contributed by atoms with E-state index in [1.165, 1.54) is 37.4 Å². The highest BCUT2D eigenvalue weighted by molar-refractivity contribution is 6.67. The highest BCUT2D eigenvalue weighted by Gasteiger charge is 2.28. The van der Waals surface area contributed by atoms with Crippen LogP contribution in [0.15, 0.2) is 48.5 Å². The Hall–Kier alpha value is -2.57. The van der Waals surface area contributed by atoms with Crippen LogP contribution in [0.4, 0.5) is 10.1 Å². The van der Waals surface area contributed by atoms with Crippen LogP contribution in [0.5, 0.6) is 0 Å². The smallest absolute Gasteiger partial charge is 0.265 e. The molecule has 0 saturated carbocycles. The van der Waals surface area contributed by atoms with Crippen LogP contribution in [0.1, 0.15) is 20.7 Å². The lowest BCUT2D eigenvalue weighted by Crippen LogP contribution is -2.40. The number of benzene rings is 2. The molecule has 2 rings (SSSR count). The Morgan fingerprint density at radius 2 is 1.75 bits per heavy atom. The standard InChI is InChI=1S/C17H13ClFNO4/c1-24-10-14(21)20(17(23)11-6-3-2-4-7-11)13-9-5-8-12(15(13)19)16(18)22/h2-9H,10H2,1H3. The highest BCUT2D eigenvalue weighted by Crippen LogP contribution is 2.25. The minimum atomic E-state index is -1.05. The molecule has 0 aliphatic rings. The number of nitrogens with zero attached hydrogens (tertiary/aromatic N) is 1. The molecule has 7 heteroatoms. The number of hydrogen-bond donors (Lipinski definition) is 0. The molecule has 0 spiro atoms. The number of imide groups is 1. The van der Waals surface area contributed by atoms with Gasteiger partial charge in [0.15, 0.2) is 5.82 Å². The second-order valence-corrected chi connectivity index (χ2v) is 5.09. The van der Waals surface area contributed by atoms with Crippen LogP contribution >= 0.6 is 11.6 Å². The summed E-state index contributed by atoms with van der Waals surface area (Å²) in [5.41, 5.74) is -0.605. The van der Waals surface area contributed by atoms with Crippen LogP contribution in [0, 0.1) is 5.82 Å². The van der Waals surface area contributed by atoms with Crippen molar-refractivity contribution < 1.29 is 23.5 Å². The summed E-state index contributed by atoms with van der Waals surface area (Å²) in [6.07, 6.45) is 0. The van der Waals surface area contributed by atoms with E-state index in [2.05, 4.69) is 0 Å². The summed E-state index contributed by atoms with van der Waals surface area (Å²) in [4.78, 5) is 36.9. The summed E-state index contributed by atoms with van der Waals surface area (Å²) >= 11 is 5.33. The van der Waals surface area contributed by atoms with Gasteiger partial charge in [-0.2, -0.15) is 0 Å². The Balaban J connectivity index is 2.56. The maximum atomic E-state index is 14.6. The molecule has 0 aliphatic carbocycles. The lowest BCUT2D eigenvalue weighted by atomic mass is 10.1. The number of amides is 2. The number of carbonyl (C=O) groups is 3. The summed E-state index contributed by atoms with van der Waals surface area (Å²) in [6.45, 7) is -0.433. The Labute approximate surface area is 142 Å². The number of methoxy groups -OCH3 is 1. The fourth-order valence-electron chi connectivity index (χ4n) is 2.10. The molecule has 0 aliphatic heterocycles. The van der Waals surface area contributed by atoms with Gasteiger partial charge in [0, 0.05) is 12.7 Å². The summed E-state index contributed by atoms with van der Waals surface area (Å²) in [5, 5.41) is -1.03. The lowest BCUT2D eigenvalue weighted by Gasteiger charge is -2.22. The van der Waals surface area contributed by atoms with E-state index in [9.17, 15) is 18.8 Å². The topological polar surface area (TPSA) is 63.7 Å². The van der Waals surface area contributed by atoms with Gasteiger partial charge in [0.05, 0.1) is 11.3 Å². The van der Waals surface area contributed by atoms with Gasteiger partial charge in [-0.1, -0.05) is 24.3 Å². The van der Waals surface area contributed by atoms with E-state index in [0.717, 1.165) is 0 Å². The predicted molar refractivity (Wildman–Crippen MR) is 86.7 cm³/mol. The van der Waals surface area contributed by atoms with E-state index in [0.29, 0.717) is 4.90 Å². The predicted octanol–water partition coefficient (Wildman–Crippen LogP) is 3.02. The van der Waals surface area contributed by atoms with Gasteiger partial charge >= 0.3 is 0 Å². The summed E-state index contributed by atoms with van der Waals surface area (Å²) in [5.74, 6) is -2.56. The zero-order valence-corrected chi connectivity index (χ0v) is 13.4. The molecule has 0 unspecified atom stereocenters. The SMILES string of the molecule is COCC(=O)N(C(=O)c1ccccc1)c1cccc(C(=O)Cl)c1F. The third-order valence-corrected chi connectivity index (χ3v) is 3.38. The monoisotopic (exact) mass is 349 g/mol. The van der Waals surface area contributed by atoms with Crippen molar-refractivity contribution in [1.82, 2.24) is 0 Å². The van der Waals surface area contributed by atoms with Crippen LogP contribution < -0.4 is 4.90 Å². The third kappa shape index (κ3) is 3.67. The fraction of sp³-hybridized carbons (Fsp3) is 0.118. The van der Waals surface area contributed by atoms with E-state index >= 15 is 0 Å². The van der Waals surface area contributed by atoms with Crippen LogP contribution in [0.25, 0.3) is 0 Å². The minimum Gasteiger partial charge on any atom is -0.375 e. The minimum absolute atomic E-state index is 0.184. The first-order chi connectivity index (χ1) is 11.5. The molecule has 24 heavy (non-hydrogen) atoms. The number of anilines is 1. The first kappa shape index (κ1) is 17.8. The summed E-state index contributed by atoms with van der Waals surface area (Å²) < 4.78 is 19.3. The molecule has 0 bridgehead atoms. The molecule has 0 radical (unpaired) electrons. The van der Waals surface area contributed by atoms with Crippen molar-refractivity contribution in [3.05, 3.63) is 65.5 Å². The molecular formula is C17H13ClFNO4. The molecule has 0 N–H and O–H groups in total. The van der Waals surface area contributed by atoms with Gasteiger partial charge in [-0.05, 0) is 35.9 Å². The maximum absolute atomic E-state index is 14.6. The van der Waals surface area contributed by atoms with Crippen LogP contribution in [0.2, 0.25) is 0 Å². The lowest BCUT2D eigenvalue weighted by molar-refractivity contribution is -0.121. The van der Waals surface area contributed by atoms with E-state index in [1.54, 1.807) is 18.2 Å². The molecule has 0 aromatic heterocycles. The second-order valence-electron chi connectivity index (χ2n) is 4.75. The average Bonchev–Trinajstić information content (AvgIpc) is 2.57. The van der Waals surface area contributed by atoms with Crippen molar-refractivity contribution in [3.8, 4) is 0 Å². The Kier molecular flexibility index (Phi) is 5.78. The Morgan fingerprint density at radius 3 is 2.33 bits per heavy atom. The number of carbonyl (C=O) groups excluding carboxylic acids is 3. The van der Waals surface area contributed by atoms with Gasteiger partial charge in [-0.25, -0.2) is 9.29 Å². The quantitative estimate of drug-likeness (QED) is 0.778. The molecule has 2 amide bonds. The van der Waals surface area contributed by atoms with Crippen molar-refractivity contribution >= 4 is 34.3 Å². The highest BCUT2D eigenvalue weighted by atomic mass is 35.5. The molecule has 124 valence electrons. The first-order valence-corrected chi connectivity index (χ1v) is 7.24. The van der Waals surface area contributed by atoms with Gasteiger partial charge in [-0.3, -0.25) is 14.4 Å². The first-order valence-electron chi connectivity index (χ1n) is 6.87. The van der Waals surface area contributed by atoms with Gasteiger partial charge < -0.3 is 4.74 Å². The average molecular weight is 350 g/mol. The van der Waals surface area contributed by atoms with Crippen molar-refractivity contribution in [3.63, 3.8) is 0 Å². The van der Waals surface area contributed by atoms with Crippen molar-refractivity contribution in [1.29, 1.82) is 0 Å². The summed E-state index contributed by atoms with van der Waals surface area (Å²) in [7, 11) is 1.28. The number of hydrogen-bond acceptors (Lipinski definition) is 4. The van der Waals surface area contributed by atoms with Crippen molar-refractivity contribution in [2.75, 3.05) is 18.6 Å². The zero-order chi connectivity index (χ0) is 17.7. The van der Waals surface area contributed by atoms with Crippen LogP contribution in [-0.4, -0.2) is 30.8 Å². The third-order valence-electron chi connectivity index (χ3n) is 3.17. The second kappa shape index (κ2) is 7.81. The summed E-state index contributed by atoms with van der Waals surface area (Å²) in [6, 6.07) is 11.6. The van der Waals surface area contributed by atoms with Crippen molar-refractivity contribution in [2.24, 2.45) is 0 Å². The van der Waals surface area contributed by atoms with Crippen molar-refractivity contribution in [2.45, 2.75) is 0 Å². The van der Waals surface area contributed by atoms with Crippen LogP contribution in [-0.2, 0) is 9.53 Å². The van der Waals surface area contributed by atoms with Gasteiger partial charge in [-0.15, -0.1) is 0 Å². The molecule has 0 atom stereocenters. The molecule has 2 aromatic rings. The van der Waals surface area contributed by atoms with Gasteiger partial charge in [0.1, 0.15) is 6.61 Å². The van der Waals surface area contributed by atoms with Gasteiger partial charge in [0.2, 0.25) is 0 Å². The Morgan fingerprint density at radius 1 is 1.08 bits per heavy atom. The van der Waals surface area contributed by atoms with E-state index in [-0.39, 0.29) is 11.3 Å². The molecule has 0 saturated heterocycles. The molecule has 2 aromatic carbocycles. The van der Waals surface area contributed by atoms with E-state index in [4.69, 9.17) is 16.3 Å². The molecule has 0 heterocycles. The number of ether oxygens (including phenoxy) is 1. The fourth-order valence-corrected chi connectivity index (χ4v) is 2.25. The Bertz CT molecular complexity index is 779. The zero-order valence-electron chi connectivity index (χ0n) is 12.7. The number of halogens is 2. The molecular weight excluding hydrogens is 337 g/mol. The maximum Gasteiger partial charge on any atom is 0.265 e. The molecule has 0 fully saturated rings. The normalized spacial score (nSPS) is 10.3. The largest absolute Gasteiger partial charge is 0.375 e. The number of rotatable bonds is 5. The molecule has 5 nitrogen and oxygen atoms in total. The van der Waals surface area contributed by atoms with Crippen LogP contribution in [0.3, 0.4) is 0 Å². The van der Waals surface area contributed by atoms with E-state index < -0.39 is 35.0 Å².